The van der Waals surface area contributed by atoms with Gasteiger partial charge in [0.25, 0.3) is 5.88 Å². The summed E-state index contributed by atoms with van der Waals surface area (Å²) < 4.78 is 25.0. The van der Waals surface area contributed by atoms with Crippen molar-refractivity contribution >= 4 is 18.0 Å². The summed E-state index contributed by atoms with van der Waals surface area (Å²) in [4.78, 5) is 15.9. The summed E-state index contributed by atoms with van der Waals surface area (Å²) in [5, 5.41) is 27.7. The van der Waals surface area contributed by atoms with Crippen molar-refractivity contribution in [1.82, 2.24) is 34.9 Å². The van der Waals surface area contributed by atoms with E-state index < -0.39 is 0 Å². The first-order valence-corrected chi connectivity index (χ1v) is 16.5. The van der Waals surface area contributed by atoms with Crippen molar-refractivity contribution in [2.75, 3.05) is 44.8 Å². The van der Waals surface area contributed by atoms with Gasteiger partial charge in [-0.15, -0.1) is 5.10 Å². The summed E-state index contributed by atoms with van der Waals surface area (Å²) in [6.07, 6.45) is 14.7. The van der Waals surface area contributed by atoms with Gasteiger partial charge in [-0.3, -0.25) is 15.0 Å². The minimum Gasteiger partial charge on any atom is -0.487 e. The van der Waals surface area contributed by atoms with Gasteiger partial charge >= 0.3 is 0 Å². The molecule has 2 fully saturated rings. The van der Waals surface area contributed by atoms with Gasteiger partial charge < -0.3 is 29.3 Å². The lowest BCUT2D eigenvalue weighted by Gasteiger charge is -2.38. The molecule has 0 radical (unpaired) electrons. The molecule has 0 amide bonds. The number of aromatic nitrogens is 5. The van der Waals surface area contributed by atoms with E-state index in [-0.39, 0.29) is 6.10 Å². The molecule has 4 heterocycles. The van der Waals surface area contributed by atoms with Gasteiger partial charge in [0.15, 0.2) is 5.89 Å². The van der Waals surface area contributed by atoms with E-state index in [0.29, 0.717) is 66.3 Å². The van der Waals surface area contributed by atoms with Crippen LogP contribution in [0.15, 0.2) is 53.7 Å². The number of nitrogens with zero attached hydrogens (tertiary/aromatic N) is 7. The highest BCUT2D eigenvalue weighted by atomic mass is 16.5. The molecular formula is C34H42N10O4. The van der Waals surface area contributed by atoms with Crippen molar-refractivity contribution in [3.63, 3.8) is 0 Å². The normalized spacial score (nSPS) is 18.8. The predicted molar refractivity (Wildman–Crippen MR) is 178 cm³/mol. The lowest BCUT2D eigenvalue weighted by atomic mass is 9.85. The summed E-state index contributed by atoms with van der Waals surface area (Å²) in [6.45, 7) is 7.23. The number of ether oxygens (including phenoxy) is 3. The number of nitrogens with one attached hydrogen (secondary N) is 3. The van der Waals surface area contributed by atoms with Crippen LogP contribution in [0.2, 0.25) is 0 Å². The molecule has 2 aliphatic rings. The molecule has 0 spiro atoms. The Morgan fingerprint density at radius 1 is 1.12 bits per heavy atom. The third kappa shape index (κ3) is 8.67. The predicted octanol–water partition coefficient (Wildman–Crippen LogP) is 4.42. The Kier molecular flexibility index (Phi) is 11.1. The van der Waals surface area contributed by atoms with Crippen LogP contribution in [0.5, 0.6) is 11.6 Å². The zero-order chi connectivity index (χ0) is 33.1. The average molecular weight is 655 g/mol. The number of anilines is 2. The topological polar surface area (TPSA) is 172 Å². The zero-order valence-corrected chi connectivity index (χ0v) is 27.2. The van der Waals surface area contributed by atoms with Gasteiger partial charge in [0, 0.05) is 43.6 Å². The summed E-state index contributed by atoms with van der Waals surface area (Å²) >= 11 is 0. The number of benzene rings is 1. The fourth-order valence-corrected chi connectivity index (χ4v) is 6.24. The van der Waals surface area contributed by atoms with Crippen LogP contribution >= 0.6 is 0 Å². The second-order valence-electron chi connectivity index (χ2n) is 12.1. The van der Waals surface area contributed by atoms with Crippen LogP contribution in [0.3, 0.4) is 0 Å². The molecular weight excluding hydrogens is 612 g/mol. The van der Waals surface area contributed by atoms with Crippen molar-refractivity contribution in [3.8, 4) is 28.8 Å². The van der Waals surface area contributed by atoms with Crippen molar-refractivity contribution in [3.05, 3.63) is 60.7 Å². The molecule has 6 rings (SSSR count). The van der Waals surface area contributed by atoms with E-state index in [9.17, 15) is 5.26 Å². The highest BCUT2D eigenvalue weighted by molar-refractivity contribution is 5.67. The van der Waals surface area contributed by atoms with Gasteiger partial charge in [-0.25, -0.2) is 15.0 Å². The van der Waals surface area contributed by atoms with Gasteiger partial charge in [-0.05, 0) is 56.2 Å². The van der Waals surface area contributed by atoms with E-state index in [1.54, 1.807) is 30.9 Å². The van der Waals surface area contributed by atoms with Crippen molar-refractivity contribution < 1.29 is 18.6 Å². The Morgan fingerprint density at radius 2 is 1.94 bits per heavy atom. The quantitative estimate of drug-likeness (QED) is 0.122. The SMILES string of the molecule is C[C@@H](CNC=N)Oc1cc(-c2cnc(Nc3cn(C[C@H]4CC[C@H](N5CCOCC5)CC4)nc3OCCc3ncco3)nc2)ccc1C#N. The van der Waals surface area contributed by atoms with Gasteiger partial charge in [-0.2, -0.15) is 5.26 Å². The fourth-order valence-electron chi connectivity index (χ4n) is 6.24. The number of morpholine rings is 1. The maximum Gasteiger partial charge on any atom is 0.256 e. The first-order chi connectivity index (χ1) is 23.6. The molecule has 4 aromatic rings. The van der Waals surface area contributed by atoms with E-state index in [1.165, 1.54) is 12.8 Å². The molecule has 1 aliphatic heterocycles. The second kappa shape index (κ2) is 16.2. The van der Waals surface area contributed by atoms with Gasteiger partial charge in [0.2, 0.25) is 5.95 Å². The Balaban J connectivity index is 1.12. The third-order valence-electron chi connectivity index (χ3n) is 8.76. The molecule has 1 saturated carbocycles. The Bertz CT molecular complexity index is 1640. The van der Waals surface area contributed by atoms with E-state index in [0.717, 1.165) is 63.2 Å². The lowest BCUT2D eigenvalue weighted by molar-refractivity contribution is 0.00418. The summed E-state index contributed by atoms with van der Waals surface area (Å²) in [7, 11) is 0. The highest BCUT2D eigenvalue weighted by Gasteiger charge is 2.27. The molecule has 1 saturated heterocycles. The fraction of sp³-hybridized carbons (Fsp3) is 0.471. The van der Waals surface area contributed by atoms with Crippen LogP contribution in [-0.2, 0) is 17.7 Å². The van der Waals surface area contributed by atoms with Crippen LogP contribution in [0.1, 0.15) is 44.1 Å². The number of oxazole rings is 1. The Hall–Kier alpha value is -5.00. The van der Waals surface area contributed by atoms with Crippen LogP contribution in [0.25, 0.3) is 11.1 Å². The molecule has 14 heteroatoms. The first kappa shape index (κ1) is 32.9. The van der Waals surface area contributed by atoms with Crippen molar-refractivity contribution in [1.29, 1.82) is 10.7 Å². The monoisotopic (exact) mass is 654 g/mol. The number of rotatable bonds is 15. The zero-order valence-electron chi connectivity index (χ0n) is 27.2. The van der Waals surface area contributed by atoms with E-state index >= 15 is 0 Å². The average Bonchev–Trinajstić information content (AvgIpc) is 3.78. The Morgan fingerprint density at radius 3 is 2.67 bits per heavy atom. The summed E-state index contributed by atoms with van der Waals surface area (Å²) in [5.41, 5.74) is 2.69. The molecule has 0 bridgehead atoms. The highest BCUT2D eigenvalue weighted by Crippen LogP contribution is 2.32. The number of nitriles is 1. The molecule has 252 valence electrons. The van der Waals surface area contributed by atoms with Crippen LogP contribution < -0.4 is 20.1 Å². The van der Waals surface area contributed by atoms with Crippen molar-refractivity contribution in [2.45, 2.75) is 57.7 Å². The third-order valence-corrected chi connectivity index (χ3v) is 8.76. The molecule has 14 nitrogen and oxygen atoms in total. The molecule has 48 heavy (non-hydrogen) atoms. The largest absolute Gasteiger partial charge is 0.487 e. The minimum absolute atomic E-state index is 0.241. The number of hydrogen-bond donors (Lipinski definition) is 3. The number of hydrogen-bond acceptors (Lipinski definition) is 12. The maximum absolute atomic E-state index is 9.58. The molecule has 1 aromatic carbocycles. The molecule has 3 N–H and O–H groups in total. The molecule has 1 atom stereocenters. The first-order valence-electron chi connectivity index (χ1n) is 16.5. The Labute approximate surface area is 279 Å². The minimum atomic E-state index is -0.241. The van der Waals surface area contributed by atoms with Gasteiger partial charge in [0.05, 0.1) is 57.1 Å². The van der Waals surface area contributed by atoms with E-state index in [1.807, 2.05) is 29.9 Å². The summed E-state index contributed by atoms with van der Waals surface area (Å²) in [5.74, 6) is 2.48. The van der Waals surface area contributed by atoms with Crippen molar-refractivity contribution in [2.24, 2.45) is 5.92 Å². The maximum atomic E-state index is 9.58. The molecule has 1 aliphatic carbocycles. The lowest BCUT2D eigenvalue weighted by Crippen LogP contribution is -2.45. The standard InChI is InChI=1S/C34H42N10O4/c1-24(18-37-23-36)48-31-16-26(4-5-27(31)17-35)28-19-39-34(40-20-28)41-30-22-44(42-33(30)47-12-8-32-38-9-13-46-32)21-25-2-6-29(7-3-25)43-10-14-45-15-11-43/h4-5,9,13,16,19-20,22-25,29H,2-3,6-8,10-12,14-15,18,21H2,1H3,(H2,36,37)(H,39,40,41)/t24-,25-,29-/m0/s1. The van der Waals surface area contributed by atoms with Crippen LogP contribution in [-0.4, -0.2) is 87.6 Å². The molecule has 0 unspecified atom stereocenters. The summed E-state index contributed by atoms with van der Waals surface area (Å²) in [6, 6.07) is 8.20. The van der Waals surface area contributed by atoms with Crippen LogP contribution in [0, 0.1) is 22.7 Å². The van der Waals surface area contributed by atoms with E-state index in [2.05, 4.69) is 36.6 Å². The van der Waals surface area contributed by atoms with E-state index in [4.69, 9.17) is 29.1 Å². The molecule has 3 aromatic heterocycles. The van der Waals surface area contributed by atoms with Gasteiger partial charge in [-0.1, -0.05) is 6.07 Å². The second-order valence-corrected chi connectivity index (χ2v) is 12.1. The smallest absolute Gasteiger partial charge is 0.256 e. The van der Waals surface area contributed by atoms with Gasteiger partial charge in [0.1, 0.15) is 29.9 Å². The van der Waals surface area contributed by atoms with Crippen LogP contribution in [0.4, 0.5) is 11.6 Å².